The monoisotopic (exact) mass is 431 g/mol. The van der Waals surface area contributed by atoms with Gasteiger partial charge in [-0.2, -0.15) is 0 Å². The Kier molecular flexibility index (Phi) is 6.42. The van der Waals surface area contributed by atoms with E-state index in [1.165, 1.54) is 12.4 Å². The normalized spacial score (nSPS) is 14.2. The fourth-order valence-corrected chi connectivity index (χ4v) is 3.36. The quantitative estimate of drug-likeness (QED) is 0.352. The molecule has 2 amide bonds. The molecule has 0 spiro atoms. The van der Waals surface area contributed by atoms with E-state index in [9.17, 15) is 9.59 Å². The number of carbonyl (C=O) groups excluding carboxylic acids is 2. The van der Waals surface area contributed by atoms with Gasteiger partial charge in [0, 0.05) is 74.5 Å². The molecule has 0 aromatic carbocycles. The van der Waals surface area contributed by atoms with Crippen LogP contribution >= 0.6 is 0 Å². The van der Waals surface area contributed by atoms with Gasteiger partial charge in [-0.15, -0.1) is 0 Å². The number of hydrogen-bond acceptors (Lipinski definition) is 8. The first-order valence-electron chi connectivity index (χ1n) is 9.98. The molecule has 0 saturated carbocycles. The molecule has 3 aromatic heterocycles. The van der Waals surface area contributed by atoms with Crippen molar-refractivity contribution >= 4 is 29.4 Å². The zero-order valence-corrected chi connectivity index (χ0v) is 17.1. The lowest BCUT2D eigenvalue weighted by atomic mass is 10.0. The number of nitrogens with zero attached hydrogens (tertiary/aromatic N) is 6. The number of rotatable bonds is 5. The van der Waals surface area contributed by atoms with Gasteiger partial charge in [-0.25, -0.2) is 15.4 Å². The molecule has 3 aromatic rings. The Morgan fingerprint density at radius 2 is 1.59 bits per heavy atom. The second kappa shape index (κ2) is 9.75. The highest BCUT2D eigenvalue weighted by Crippen LogP contribution is 2.21. The molecule has 0 aliphatic carbocycles. The van der Waals surface area contributed by atoms with Crippen molar-refractivity contribution in [3.63, 3.8) is 0 Å². The summed E-state index contributed by atoms with van der Waals surface area (Å²) in [6, 6.07) is 7.38. The molecular formula is C22H21N7O3. The Labute approximate surface area is 184 Å². The number of amides is 2. The second-order valence-corrected chi connectivity index (χ2v) is 7.08. The molecule has 0 radical (unpaired) electrons. The third-order valence-electron chi connectivity index (χ3n) is 5.05. The SMILES string of the molecule is O=C(NO)c1cnc(N2CCN(C(=O)/C(=C/c3cccnc3)c3cccnc3)CC2)nc1. The number of pyridine rings is 2. The smallest absolute Gasteiger partial charge is 0.277 e. The minimum atomic E-state index is -0.671. The van der Waals surface area contributed by atoms with Crippen molar-refractivity contribution in [2.45, 2.75) is 0 Å². The Balaban J connectivity index is 1.48. The van der Waals surface area contributed by atoms with Crippen LogP contribution in [0.2, 0.25) is 0 Å². The Morgan fingerprint density at radius 1 is 0.906 bits per heavy atom. The maximum Gasteiger partial charge on any atom is 0.277 e. The standard InChI is InChI=1S/C22H21N7O3/c30-20(27-32)18-14-25-22(26-15-18)29-9-7-28(8-10-29)21(31)19(17-4-2-6-24-13-17)11-16-3-1-5-23-12-16/h1-6,11-15,32H,7-10H2,(H,27,30)/b19-11+. The first-order chi connectivity index (χ1) is 15.7. The fourth-order valence-electron chi connectivity index (χ4n) is 3.36. The molecule has 1 saturated heterocycles. The van der Waals surface area contributed by atoms with Crippen molar-refractivity contribution in [3.8, 4) is 0 Å². The third-order valence-corrected chi connectivity index (χ3v) is 5.05. The summed E-state index contributed by atoms with van der Waals surface area (Å²) in [7, 11) is 0. The highest BCUT2D eigenvalue weighted by atomic mass is 16.5. The summed E-state index contributed by atoms with van der Waals surface area (Å²) in [5.41, 5.74) is 3.83. The van der Waals surface area contributed by atoms with Crippen LogP contribution in [0.15, 0.2) is 61.4 Å². The van der Waals surface area contributed by atoms with Gasteiger partial charge in [-0.05, 0) is 23.8 Å². The van der Waals surface area contributed by atoms with Crippen LogP contribution in [0.3, 0.4) is 0 Å². The van der Waals surface area contributed by atoms with E-state index in [-0.39, 0.29) is 11.5 Å². The van der Waals surface area contributed by atoms with E-state index in [4.69, 9.17) is 5.21 Å². The fraction of sp³-hybridized carbons (Fsp3) is 0.182. The summed E-state index contributed by atoms with van der Waals surface area (Å²) in [5.74, 6) is -0.294. The zero-order valence-electron chi connectivity index (χ0n) is 17.1. The molecule has 1 aliphatic rings. The van der Waals surface area contributed by atoms with E-state index >= 15 is 0 Å². The number of hydroxylamine groups is 1. The summed E-state index contributed by atoms with van der Waals surface area (Å²) in [6.07, 6.45) is 11.3. The average molecular weight is 431 g/mol. The van der Waals surface area contributed by atoms with Crippen molar-refractivity contribution in [2.75, 3.05) is 31.1 Å². The lowest BCUT2D eigenvalue weighted by molar-refractivity contribution is -0.125. The summed E-state index contributed by atoms with van der Waals surface area (Å²) in [4.78, 5) is 45.2. The van der Waals surface area contributed by atoms with Crippen LogP contribution in [-0.4, -0.2) is 68.0 Å². The molecule has 0 atom stereocenters. The van der Waals surface area contributed by atoms with Crippen LogP contribution in [0.4, 0.5) is 5.95 Å². The highest BCUT2D eigenvalue weighted by Gasteiger charge is 2.25. The molecular weight excluding hydrogens is 410 g/mol. The Bertz CT molecular complexity index is 1100. The molecule has 162 valence electrons. The predicted molar refractivity (Wildman–Crippen MR) is 116 cm³/mol. The van der Waals surface area contributed by atoms with Gasteiger partial charge in [0.2, 0.25) is 5.95 Å². The van der Waals surface area contributed by atoms with Crippen molar-refractivity contribution in [2.24, 2.45) is 0 Å². The van der Waals surface area contributed by atoms with E-state index < -0.39 is 5.91 Å². The minimum absolute atomic E-state index is 0.0858. The number of anilines is 1. The molecule has 2 N–H and O–H groups in total. The van der Waals surface area contributed by atoms with Gasteiger partial charge in [0.1, 0.15) is 0 Å². The van der Waals surface area contributed by atoms with Crippen molar-refractivity contribution in [3.05, 3.63) is 78.1 Å². The summed E-state index contributed by atoms with van der Waals surface area (Å²) >= 11 is 0. The van der Waals surface area contributed by atoms with Crippen LogP contribution in [0.5, 0.6) is 0 Å². The van der Waals surface area contributed by atoms with Gasteiger partial charge >= 0.3 is 0 Å². The lowest BCUT2D eigenvalue weighted by Gasteiger charge is -2.35. The predicted octanol–water partition coefficient (Wildman–Crippen LogP) is 1.27. The van der Waals surface area contributed by atoms with Gasteiger partial charge in [0.05, 0.1) is 5.56 Å². The summed E-state index contributed by atoms with van der Waals surface area (Å²) in [6.45, 7) is 2.08. The van der Waals surface area contributed by atoms with Crippen LogP contribution in [0.1, 0.15) is 21.5 Å². The maximum absolute atomic E-state index is 13.4. The molecule has 1 fully saturated rings. The number of hydrogen-bond donors (Lipinski definition) is 2. The maximum atomic E-state index is 13.4. The second-order valence-electron chi connectivity index (χ2n) is 7.08. The van der Waals surface area contributed by atoms with E-state index in [0.717, 1.165) is 11.1 Å². The Morgan fingerprint density at radius 3 is 2.19 bits per heavy atom. The zero-order chi connectivity index (χ0) is 22.3. The van der Waals surface area contributed by atoms with Gasteiger partial charge in [-0.1, -0.05) is 12.1 Å². The molecule has 4 rings (SSSR count). The first kappa shape index (κ1) is 21.1. The molecule has 32 heavy (non-hydrogen) atoms. The molecule has 4 heterocycles. The van der Waals surface area contributed by atoms with Crippen molar-refractivity contribution in [1.82, 2.24) is 30.3 Å². The highest BCUT2D eigenvalue weighted by molar-refractivity contribution is 6.24. The van der Waals surface area contributed by atoms with E-state index in [1.807, 2.05) is 29.2 Å². The van der Waals surface area contributed by atoms with Crippen LogP contribution in [0.25, 0.3) is 11.6 Å². The van der Waals surface area contributed by atoms with Gasteiger partial charge in [0.15, 0.2) is 0 Å². The first-order valence-corrected chi connectivity index (χ1v) is 9.98. The molecule has 1 aliphatic heterocycles. The summed E-state index contributed by atoms with van der Waals surface area (Å²) in [5, 5.41) is 8.69. The van der Waals surface area contributed by atoms with E-state index in [2.05, 4.69) is 19.9 Å². The largest absolute Gasteiger partial charge is 0.337 e. The summed E-state index contributed by atoms with van der Waals surface area (Å²) < 4.78 is 0. The minimum Gasteiger partial charge on any atom is -0.337 e. The topological polar surface area (TPSA) is 124 Å². The number of aromatic nitrogens is 4. The van der Waals surface area contributed by atoms with Crippen molar-refractivity contribution < 1.29 is 14.8 Å². The molecule has 0 unspecified atom stereocenters. The van der Waals surface area contributed by atoms with E-state index in [1.54, 1.807) is 41.2 Å². The molecule has 0 bridgehead atoms. The number of piperazine rings is 1. The Hall–Kier alpha value is -4.18. The number of nitrogens with one attached hydrogen (secondary N) is 1. The third kappa shape index (κ3) is 4.76. The van der Waals surface area contributed by atoms with Gasteiger partial charge in [0.25, 0.3) is 11.8 Å². The molecule has 10 heteroatoms. The van der Waals surface area contributed by atoms with Crippen LogP contribution in [-0.2, 0) is 4.79 Å². The van der Waals surface area contributed by atoms with Crippen molar-refractivity contribution in [1.29, 1.82) is 0 Å². The van der Waals surface area contributed by atoms with Gasteiger partial charge in [-0.3, -0.25) is 24.8 Å². The number of carbonyl (C=O) groups is 2. The molecule has 10 nitrogen and oxygen atoms in total. The van der Waals surface area contributed by atoms with Crippen LogP contribution < -0.4 is 10.4 Å². The average Bonchev–Trinajstić information content (AvgIpc) is 2.88. The lowest BCUT2D eigenvalue weighted by Crippen LogP contribution is -2.49. The van der Waals surface area contributed by atoms with Gasteiger partial charge < -0.3 is 9.80 Å². The van der Waals surface area contributed by atoms with E-state index in [0.29, 0.717) is 37.7 Å². The van der Waals surface area contributed by atoms with Crippen LogP contribution in [0, 0.1) is 0 Å².